The topological polar surface area (TPSA) is 67.7 Å². The number of aromatic nitrogens is 3. The smallest absolute Gasteiger partial charge is 0.175 e. The summed E-state index contributed by atoms with van der Waals surface area (Å²) in [6.07, 6.45) is 2.85. The van der Waals surface area contributed by atoms with Gasteiger partial charge in [-0.05, 0) is 24.3 Å². The molecule has 0 aliphatic carbocycles. The summed E-state index contributed by atoms with van der Waals surface area (Å²) in [6.45, 7) is 0. The molecule has 0 radical (unpaired) electrons. The molecule has 0 saturated carbocycles. The van der Waals surface area contributed by atoms with Crippen LogP contribution in [0.3, 0.4) is 0 Å². The Morgan fingerprint density at radius 3 is 2.60 bits per heavy atom. The first-order valence-corrected chi connectivity index (χ1v) is 6.40. The first-order valence-electron chi connectivity index (χ1n) is 5.65. The Hall–Kier alpha value is -2.11. The van der Waals surface area contributed by atoms with E-state index >= 15 is 0 Å². The average Bonchev–Trinajstić information content (AvgIpc) is 3.11. The summed E-state index contributed by atoms with van der Waals surface area (Å²) >= 11 is 12.1. The highest BCUT2D eigenvalue weighted by molar-refractivity contribution is 6.43. The minimum absolute atomic E-state index is 0.138. The van der Waals surface area contributed by atoms with E-state index in [4.69, 9.17) is 33.0 Å². The highest BCUT2D eigenvalue weighted by atomic mass is 35.5. The number of furan rings is 1. The molecule has 2 aromatic heterocycles. The molecule has 0 aliphatic heterocycles. The third-order valence-corrected chi connectivity index (χ3v) is 3.55. The first-order chi connectivity index (χ1) is 9.66. The van der Waals surface area contributed by atoms with Crippen LogP contribution in [0.4, 0.5) is 0 Å². The van der Waals surface area contributed by atoms with E-state index < -0.39 is 0 Å². The molecule has 1 N–H and O–H groups in total. The molecule has 0 unspecified atom stereocenters. The van der Waals surface area contributed by atoms with Crippen LogP contribution in [0.25, 0.3) is 11.3 Å². The van der Waals surface area contributed by atoms with Crippen molar-refractivity contribution in [2.45, 2.75) is 0 Å². The van der Waals surface area contributed by atoms with Crippen molar-refractivity contribution in [3.8, 4) is 11.3 Å². The fourth-order valence-electron chi connectivity index (χ4n) is 1.75. The SMILES string of the molecule is N=C(c1ccc(-c2cccc(Cl)c2Cl)o1)n1cnnc1. The number of halogens is 2. The van der Waals surface area contributed by atoms with Gasteiger partial charge in [0.1, 0.15) is 18.4 Å². The zero-order chi connectivity index (χ0) is 14.1. The molecule has 0 amide bonds. The van der Waals surface area contributed by atoms with Crippen molar-refractivity contribution >= 4 is 29.0 Å². The first kappa shape index (κ1) is 12.9. The van der Waals surface area contributed by atoms with Crippen LogP contribution in [0.1, 0.15) is 5.76 Å². The van der Waals surface area contributed by atoms with E-state index in [2.05, 4.69) is 10.2 Å². The standard InChI is InChI=1S/C13H8Cl2N4O/c14-9-3-1-2-8(12(9)15)10-4-5-11(20-10)13(16)19-6-17-18-7-19/h1-7,16H. The monoisotopic (exact) mass is 306 g/mol. The number of nitrogens with one attached hydrogen (secondary N) is 1. The molecule has 0 spiro atoms. The molecule has 20 heavy (non-hydrogen) atoms. The number of hydrogen-bond donors (Lipinski definition) is 1. The van der Waals surface area contributed by atoms with E-state index in [1.807, 2.05) is 0 Å². The molecule has 0 aliphatic rings. The second-order valence-electron chi connectivity index (χ2n) is 3.98. The van der Waals surface area contributed by atoms with Gasteiger partial charge in [-0.3, -0.25) is 9.98 Å². The van der Waals surface area contributed by atoms with Gasteiger partial charge in [-0.15, -0.1) is 10.2 Å². The van der Waals surface area contributed by atoms with Crippen molar-refractivity contribution < 1.29 is 4.42 Å². The van der Waals surface area contributed by atoms with Gasteiger partial charge >= 0.3 is 0 Å². The fourth-order valence-corrected chi connectivity index (χ4v) is 2.14. The second kappa shape index (κ2) is 5.11. The van der Waals surface area contributed by atoms with E-state index in [1.165, 1.54) is 17.2 Å². The van der Waals surface area contributed by atoms with Crippen molar-refractivity contribution in [2.75, 3.05) is 0 Å². The van der Waals surface area contributed by atoms with Gasteiger partial charge in [0, 0.05) is 5.56 Å². The predicted molar refractivity (Wildman–Crippen MR) is 76.4 cm³/mol. The molecule has 5 nitrogen and oxygen atoms in total. The zero-order valence-corrected chi connectivity index (χ0v) is 11.6. The summed E-state index contributed by atoms with van der Waals surface area (Å²) in [4.78, 5) is 0. The number of benzene rings is 1. The Morgan fingerprint density at radius 1 is 1.10 bits per heavy atom. The lowest BCUT2D eigenvalue weighted by molar-refractivity contribution is 0.568. The van der Waals surface area contributed by atoms with Gasteiger partial charge in [-0.2, -0.15) is 0 Å². The van der Waals surface area contributed by atoms with Gasteiger partial charge in [0.05, 0.1) is 10.0 Å². The Morgan fingerprint density at radius 2 is 1.85 bits per heavy atom. The summed E-state index contributed by atoms with van der Waals surface area (Å²) < 4.78 is 7.09. The van der Waals surface area contributed by atoms with Crippen molar-refractivity contribution in [1.82, 2.24) is 14.8 Å². The molecule has 1 aromatic carbocycles. The minimum atomic E-state index is 0.138. The normalized spacial score (nSPS) is 10.7. The van der Waals surface area contributed by atoms with Crippen LogP contribution in [0.15, 0.2) is 47.4 Å². The lowest BCUT2D eigenvalue weighted by Crippen LogP contribution is -2.08. The minimum Gasteiger partial charge on any atom is -0.453 e. The Labute approximate surface area is 124 Å². The maximum atomic E-state index is 7.99. The molecule has 2 heterocycles. The molecule has 0 saturated heterocycles. The van der Waals surface area contributed by atoms with Crippen LogP contribution in [-0.4, -0.2) is 20.6 Å². The molecular weight excluding hydrogens is 299 g/mol. The Kier molecular flexibility index (Phi) is 3.30. The summed E-state index contributed by atoms with van der Waals surface area (Å²) in [6, 6.07) is 8.73. The highest BCUT2D eigenvalue weighted by Gasteiger charge is 2.14. The molecular formula is C13H8Cl2N4O. The van der Waals surface area contributed by atoms with Crippen LogP contribution in [0, 0.1) is 5.41 Å². The van der Waals surface area contributed by atoms with Gasteiger partial charge in [0.2, 0.25) is 0 Å². The largest absolute Gasteiger partial charge is 0.453 e. The van der Waals surface area contributed by atoms with Gasteiger partial charge < -0.3 is 4.42 Å². The summed E-state index contributed by atoms with van der Waals surface area (Å²) in [5.74, 6) is 1.07. The molecule has 0 bridgehead atoms. The lowest BCUT2D eigenvalue weighted by Gasteiger charge is -2.03. The van der Waals surface area contributed by atoms with Gasteiger partial charge in [0.15, 0.2) is 11.6 Å². The molecule has 100 valence electrons. The average molecular weight is 307 g/mol. The van der Waals surface area contributed by atoms with Crippen molar-refractivity contribution in [3.05, 3.63) is 58.8 Å². The number of hydrogen-bond acceptors (Lipinski definition) is 4. The summed E-state index contributed by atoms with van der Waals surface area (Å²) in [7, 11) is 0. The van der Waals surface area contributed by atoms with Crippen LogP contribution in [0.2, 0.25) is 10.0 Å². The summed E-state index contributed by atoms with van der Waals surface area (Å²) in [5.41, 5.74) is 0.682. The van der Waals surface area contributed by atoms with Crippen molar-refractivity contribution in [1.29, 1.82) is 5.41 Å². The molecule has 3 rings (SSSR count). The van der Waals surface area contributed by atoms with Crippen molar-refractivity contribution in [3.63, 3.8) is 0 Å². The van der Waals surface area contributed by atoms with Crippen molar-refractivity contribution in [2.24, 2.45) is 0 Å². The summed E-state index contributed by atoms with van der Waals surface area (Å²) in [5, 5.41) is 16.2. The Balaban J connectivity index is 1.98. The van der Waals surface area contributed by atoms with E-state index in [0.717, 1.165) is 0 Å². The van der Waals surface area contributed by atoms with Gasteiger partial charge in [0.25, 0.3) is 0 Å². The van der Waals surface area contributed by atoms with Crippen LogP contribution in [0.5, 0.6) is 0 Å². The molecule has 0 atom stereocenters. The van der Waals surface area contributed by atoms with E-state index in [1.54, 1.807) is 30.3 Å². The van der Waals surface area contributed by atoms with Gasteiger partial charge in [-0.1, -0.05) is 29.3 Å². The third-order valence-electron chi connectivity index (χ3n) is 2.73. The number of nitrogens with zero attached hydrogens (tertiary/aromatic N) is 3. The fraction of sp³-hybridized carbons (Fsp3) is 0. The second-order valence-corrected chi connectivity index (χ2v) is 4.77. The van der Waals surface area contributed by atoms with E-state index in [9.17, 15) is 0 Å². The van der Waals surface area contributed by atoms with Gasteiger partial charge in [-0.25, -0.2) is 0 Å². The Bertz CT molecular complexity index is 765. The predicted octanol–water partition coefficient (Wildman–Crippen LogP) is 3.72. The maximum Gasteiger partial charge on any atom is 0.175 e. The maximum absolute atomic E-state index is 7.99. The zero-order valence-electron chi connectivity index (χ0n) is 10.0. The molecule has 0 fully saturated rings. The lowest BCUT2D eigenvalue weighted by atomic mass is 10.2. The quantitative estimate of drug-likeness (QED) is 0.579. The molecule has 3 aromatic rings. The van der Waals surface area contributed by atoms with Crippen LogP contribution >= 0.6 is 23.2 Å². The highest BCUT2D eigenvalue weighted by Crippen LogP contribution is 2.34. The van der Waals surface area contributed by atoms with Crippen LogP contribution in [-0.2, 0) is 0 Å². The molecule has 7 heteroatoms. The number of rotatable bonds is 2. The van der Waals surface area contributed by atoms with E-state index in [-0.39, 0.29) is 5.84 Å². The van der Waals surface area contributed by atoms with Crippen LogP contribution < -0.4 is 0 Å². The van der Waals surface area contributed by atoms with E-state index in [0.29, 0.717) is 27.1 Å². The third kappa shape index (κ3) is 2.21.